The molecule has 2 unspecified atom stereocenters. The van der Waals surface area contributed by atoms with E-state index in [2.05, 4.69) is 17.2 Å². The van der Waals surface area contributed by atoms with Crippen LogP contribution in [0, 0.1) is 19.8 Å². The molecule has 0 aliphatic heterocycles. The van der Waals surface area contributed by atoms with E-state index in [0.29, 0.717) is 6.54 Å². The van der Waals surface area contributed by atoms with Crippen LogP contribution in [-0.4, -0.2) is 17.4 Å². The van der Waals surface area contributed by atoms with Gasteiger partial charge in [0.25, 0.3) is 0 Å². The second-order valence-electron chi connectivity index (χ2n) is 5.52. The topological polar surface area (TPSA) is 68.0 Å². The molecule has 2 aromatic rings. The van der Waals surface area contributed by atoms with Crippen molar-refractivity contribution in [1.29, 1.82) is 0 Å². The Morgan fingerprint density at radius 3 is 2.59 bits per heavy atom. The molecule has 1 aromatic heterocycles. The second kappa shape index (κ2) is 7.51. The molecule has 0 saturated heterocycles. The minimum Gasteiger partial charge on any atom is -0.355 e. The van der Waals surface area contributed by atoms with Crippen molar-refractivity contribution in [3.63, 3.8) is 0 Å². The summed E-state index contributed by atoms with van der Waals surface area (Å²) in [6.45, 7) is 6.53. The quantitative estimate of drug-likeness (QED) is 0.861. The van der Waals surface area contributed by atoms with Crippen LogP contribution < -0.4 is 11.1 Å². The number of nitrogens with one attached hydrogen (secondary N) is 1. The van der Waals surface area contributed by atoms with Crippen LogP contribution >= 0.6 is 11.3 Å². The van der Waals surface area contributed by atoms with E-state index < -0.39 is 0 Å². The fourth-order valence-corrected chi connectivity index (χ4v) is 3.16. The third-order valence-corrected chi connectivity index (χ3v) is 4.98. The van der Waals surface area contributed by atoms with Gasteiger partial charge in [0.05, 0.1) is 16.6 Å². The zero-order chi connectivity index (χ0) is 16.1. The number of rotatable bonds is 6. The Kier molecular flexibility index (Phi) is 5.69. The second-order valence-corrected chi connectivity index (χ2v) is 6.80. The molecular formula is C17H23N3OS. The minimum atomic E-state index is -0.287. The summed E-state index contributed by atoms with van der Waals surface area (Å²) in [5.74, 6) is -0.275. The molecule has 118 valence electrons. The first-order valence-corrected chi connectivity index (χ1v) is 8.32. The normalized spacial score (nSPS) is 13.6. The van der Waals surface area contributed by atoms with E-state index in [9.17, 15) is 4.79 Å². The molecule has 0 spiro atoms. The lowest BCUT2D eigenvalue weighted by Crippen LogP contribution is -2.36. The summed E-state index contributed by atoms with van der Waals surface area (Å²) in [7, 11) is 0. The van der Waals surface area contributed by atoms with Crippen LogP contribution in [0.3, 0.4) is 0 Å². The number of hydrogen-bond acceptors (Lipinski definition) is 4. The number of nitrogens with zero attached hydrogens (tertiary/aromatic N) is 1. The van der Waals surface area contributed by atoms with Gasteiger partial charge in [0.2, 0.25) is 5.91 Å². The van der Waals surface area contributed by atoms with Crippen molar-refractivity contribution in [2.45, 2.75) is 33.2 Å². The van der Waals surface area contributed by atoms with E-state index in [-0.39, 0.29) is 17.9 Å². The highest BCUT2D eigenvalue weighted by molar-refractivity contribution is 7.11. The third kappa shape index (κ3) is 4.15. The fourth-order valence-electron chi connectivity index (χ4n) is 2.23. The summed E-state index contributed by atoms with van der Waals surface area (Å²) < 4.78 is 0. The van der Waals surface area contributed by atoms with E-state index >= 15 is 0 Å². The maximum absolute atomic E-state index is 12.2. The summed E-state index contributed by atoms with van der Waals surface area (Å²) in [6.07, 6.45) is 0.762. The Bertz CT molecular complexity index is 605. The van der Waals surface area contributed by atoms with Crippen molar-refractivity contribution in [3.05, 3.63) is 51.5 Å². The third-order valence-electron chi connectivity index (χ3n) is 3.85. The van der Waals surface area contributed by atoms with Crippen LogP contribution in [0.1, 0.15) is 34.1 Å². The number of aryl methyl sites for hydroxylation is 2. The van der Waals surface area contributed by atoms with Gasteiger partial charge in [0.15, 0.2) is 0 Å². The van der Waals surface area contributed by atoms with Gasteiger partial charge < -0.3 is 11.1 Å². The Labute approximate surface area is 135 Å². The Hall–Kier alpha value is -1.72. The SMILES string of the molecule is Cc1nc(CCNC(=O)C(C)C(N)c2ccccc2)sc1C. The van der Waals surface area contributed by atoms with E-state index in [4.69, 9.17) is 5.73 Å². The molecule has 5 heteroatoms. The highest BCUT2D eigenvalue weighted by Crippen LogP contribution is 2.19. The van der Waals surface area contributed by atoms with Gasteiger partial charge in [-0.15, -0.1) is 11.3 Å². The predicted octanol–water partition coefficient (Wildman–Crippen LogP) is 2.75. The summed E-state index contributed by atoms with van der Waals surface area (Å²) >= 11 is 1.69. The van der Waals surface area contributed by atoms with Gasteiger partial charge in [0.1, 0.15) is 0 Å². The smallest absolute Gasteiger partial charge is 0.224 e. The molecular weight excluding hydrogens is 294 g/mol. The summed E-state index contributed by atoms with van der Waals surface area (Å²) in [5.41, 5.74) is 8.23. The molecule has 1 aromatic carbocycles. The maximum atomic E-state index is 12.2. The van der Waals surface area contributed by atoms with Crippen LogP contribution in [0.5, 0.6) is 0 Å². The molecule has 0 bridgehead atoms. The Morgan fingerprint density at radius 1 is 1.32 bits per heavy atom. The number of carbonyl (C=O) groups excluding carboxylic acids is 1. The van der Waals surface area contributed by atoms with Gasteiger partial charge in [-0.1, -0.05) is 37.3 Å². The van der Waals surface area contributed by atoms with E-state index in [0.717, 1.165) is 22.7 Å². The Balaban J connectivity index is 1.84. The summed E-state index contributed by atoms with van der Waals surface area (Å²) in [4.78, 5) is 17.9. The average molecular weight is 317 g/mol. The molecule has 0 radical (unpaired) electrons. The molecule has 2 atom stereocenters. The van der Waals surface area contributed by atoms with Gasteiger partial charge >= 0.3 is 0 Å². The number of carbonyl (C=O) groups is 1. The molecule has 1 amide bonds. The lowest BCUT2D eigenvalue weighted by Gasteiger charge is -2.19. The van der Waals surface area contributed by atoms with Crippen molar-refractivity contribution in [2.24, 2.45) is 11.7 Å². The molecule has 4 nitrogen and oxygen atoms in total. The van der Waals surface area contributed by atoms with Crippen LogP contribution in [-0.2, 0) is 11.2 Å². The van der Waals surface area contributed by atoms with Crippen molar-refractivity contribution >= 4 is 17.2 Å². The average Bonchev–Trinajstić information content (AvgIpc) is 2.85. The van der Waals surface area contributed by atoms with Crippen molar-refractivity contribution < 1.29 is 4.79 Å². The lowest BCUT2D eigenvalue weighted by molar-refractivity contribution is -0.125. The first-order valence-electron chi connectivity index (χ1n) is 7.50. The van der Waals surface area contributed by atoms with Crippen LogP contribution in [0.15, 0.2) is 30.3 Å². The maximum Gasteiger partial charge on any atom is 0.224 e. The number of thiazole rings is 1. The molecule has 0 aliphatic rings. The summed E-state index contributed by atoms with van der Waals surface area (Å²) in [6, 6.07) is 9.44. The summed E-state index contributed by atoms with van der Waals surface area (Å²) in [5, 5.41) is 4.02. The number of nitrogens with two attached hydrogens (primary N) is 1. The molecule has 0 fully saturated rings. The zero-order valence-electron chi connectivity index (χ0n) is 13.3. The zero-order valence-corrected chi connectivity index (χ0v) is 14.1. The number of aromatic nitrogens is 1. The highest BCUT2D eigenvalue weighted by atomic mass is 32.1. The van der Waals surface area contributed by atoms with Gasteiger partial charge in [-0.2, -0.15) is 0 Å². The molecule has 2 rings (SSSR count). The molecule has 22 heavy (non-hydrogen) atoms. The van der Waals surface area contributed by atoms with Gasteiger partial charge in [-0.25, -0.2) is 4.98 Å². The van der Waals surface area contributed by atoms with Gasteiger partial charge in [0, 0.05) is 23.9 Å². The minimum absolute atomic E-state index is 0.0126. The van der Waals surface area contributed by atoms with Gasteiger partial charge in [-0.05, 0) is 19.4 Å². The van der Waals surface area contributed by atoms with Crippen LogP contribution in [0.2, 0.25) is 0 Å². The largest absolute Gasteiger partial charge is 0.355 e. The number of benzene rings is 1. The lowest BCUT2D eigenvalue weighted by atomic mass is 9.95. The van der Waals surface area contributed by atoms with Crippen molar-refractivity contribution in [1.82, 2.24) is 10.3 Å². The van der Waals surface area contributed by atoms with Gasteiger partial charge in [-0.3, -0.25) is 4.79 Å². The fraction of sp³-hybridized carbons (Fsp3) is 0.412. The van der Waals surface area contributed by atoms with E-state index in [1.54, 1.807) is 11.3 Å². The van der Waals surface area contributed by atoms with E-state index in [1.165, 1.54) is 4.88 Å². The molecule has 3 N–H and O–H groups in total. The van der Waals surface area contributed by atoms with Crippen molar-refractivity contribution in [2.75, 3.05) is 6.54 Å². The van der Waals surface area contributed by atoms with E-state index in [1.807, 2.05) is 44.2 Å². The number of amides is 1. The van der Waals surface area contributed by atoms with Crippen LogP contribution in [0.25, 0.3) is 0 Å². The predicted molar refractivity (Wildman–Crippen MR) is 90.8 cm³/mol. The van der Waals surface area contributed by atoms with Crippen LogP contribution in [0.4, 0.5) is 0 Å². The molecule has 0 aliphatic carbocycles. The highest BCUT2D eigenvalue weighted by Gasteiger charge is 2.21. The van der Waals surface area contributed by atoms with Crippen molar-refractivity contribution in [3.8, 4) is 0 Å². The monoisotopic (exact) mass is 317 g/mol. The number of hydrogen-bond donors (Lipinski definition) is 2. The first kappa shape index (κ1) is 16.6. The molecule has 0 saturated carbocycles. The first-order chi connectivity index (χ1) is 10.5. The Morgan fingerprint density at radius 2 is 2.00 bits per heavy atom. The molecule has 1 heterocycles. The standard InChI is InChI=1S/C17H23N3OS/c1-11(16(18)14-7-5-4-6-8-14)17(21)19-10-9-15-20-12(2)13(3)22-15/h4-8,11,16H,9-10,18H2,1-3H3,(H,19,21).